The molecule has 2 aliphatic rings. The highest BCUT2D eigenvalue weighted by Gasteiger charge is 2.30. The van der Waals surface area contributed by atoms with Gasteiger partial charge in [-0.05, 0) is 73.9 Å². The van der Waals surface area contributed by atoms with Crippen molar-refractivity contribution in [2.24, 2.45) is 0 Å². The molecule has 4 aromatic rings. The number of carbonyl (C=O) groups is 2. The zero-order chi connectivity index (χ0) is 25.5. The largest absolute Gasteiger partial charge is 0.469 e. The topological polar surface area (TPSA) is 105 Å². The van der Waals surface area contributed by atoms with Gasteiger partial charge in [-0.3, -0.25) is 19.7 Å². The molecule has 3 heterocycles. The molecule has 0 radical (unpaired) electrons. The van der Waals surface area contributed by atoms with Gasteiger partial charge in [-0.15, -0.1) is 11.3 Å². The van der Waals surface area contributed by atoms with Gasteiger partial charge in [0.1, 0.15) is 11.3 Å². The zero-order valence-electron chi connectivity index (χ0n) is 20.6. The Morgan fingerprint density at radius 3 is 2.76 bits per heavy atom. The number of thiazole rings is 1. The number of pyridine rings is 1. The van der Waals surface area contributed by atoms with Gasteiger partial charge >= 0.3 is 0 Å². The fourth-order valence-corrected chi connectivity index (χ4v) is 6.36. The number of benzene rings is 1. The first kappa shape index (κ1) is 23.6. The molecule has 2 N–H and O–H groups in total. The van der Waals surface area contributed by atoms with Crippen molar-refractivity contribution in [3.63, 3.8) is 0 Å². The second kappa shape index (κ2) is 9.59. The number of carbonyl (C=O) groups excluding carboxylic acids is 2. The SMILES string of the molecule is CCc1sc(NC(=O)c2cc3c([nH]c2=O)C[C@@H](c2ccco2)CC3=O)nc1-c1ccc2c(c1)CCCC2. The third-order valence-corrected chi connectivity index (χ3v) is 8.47. The molecular weight excluding hydrogens is 486 g/mol. The molecule has 0 fully saturated rings. The highest BCUT2D eigenvalue weighted by atomic mass is 32.1. The number of hydrogen-bond donors (Lipinski definition) is 2. The molecule has 188 valence electrons. The van der Waals surface area contributed by atoms with Gasteiger partial charge in [0.15, 0.2) is 10.9 Å². The summed E-state index contributed by atoms with van der Waals surface area (Å²) in [6.07, 6.45) is 7.74. The summed E-state index contributed by atoms with van der Waals surface area (Å²) in [6, 6.07) is 11.6. The predicted molar refractivity (Wildman–Crippen MR) is 143 cm³/mol. The molecule has 8 heteroatoms. The lowest BCUT2D eigenvalue weighted by molar-refractivity contribution is 0.0959. The standard InChI is InChI=1S/C29H27N3O4S/c1-2-25-26(18-10-9-16-6-3-4-7-17(16)12-18)31-29(37-25)32-28(35)21-15-20-22(30-27(21)34)13-19(14-23(20)33)24-8-5-11-36-24/h5,8-12,15,19H,2-4,6-7,13-14H2,1H3,(H,30,34)(H,31,32,35)/t19-/m1/s1. The highest BCUT2D eigenvalue weighted by molar-refractivity contribution is 7.16. The van der Waals surface area contributed by atoms with E-state index in [1.807, 2.05) is 6.07 Å². The molecule has 0 spiro atoms. The molecule has 1 atom stereocenters. The van der Waals surface area contributed by atoms with Crippen LogP contribution in [0, 0.1) is 0 Å². The van der Waals surface area contributed by atoms with Gasteiger partial charge in [0.2, 0.25) is 0 Å². The Hall–Kier alpha value is -3.78. The van der Waals surface area contributed by atoms with Gasteiger partial charge in [-0.1, -0.05) is 19.1 Å². The average molecular weight is 514 g/mol. The molecular formula is C29H27N3O4S. The quantitative estimate of drug-likeness (QED) is 0.356. The monoisotopic (exact) mass is 513 g/mol. The average Bonchev–Trinajstić information content (AvgIpc) is 3.58. The predicted octanol–water partition coefficient (Wildman–Crippen LogP) is 5.70. The fraction of sp³-hybridized carbons (Fsp3) is 0.310. The minimum Gasteiger partial charge on any atom is -0.469 e. The van der Waals surface area contributed by atoms with Crippen molar-refractivity contribution in [3.05, 3.63) is 91.6 Å². The van der Waals surface area contributed by atoms with Crippen LogP contribution in [-0.2, 0) is 25.7 Å². The van der Waals surface area contributed by atoms with Crippen LogP contribution in [0.25, 0.3) is 11.3 Å². The smallest absolute Gasteiger partial charge is 0.263 e. The minimum absolute atomic E-state index is 0.0906. The highest BCUT2D eigenvalue weighted by Crippen LogP contribution is 2.35. The Balaban J connectivity index is 1.26. The summed E-state index contributed by atoms with van der Waals surface area (Å²) in [5.41, 5.74) is 5.02. The maximum atomic E-state index is 13.1. The van der Waals surface area contributed by atoms with Crippen molar-refractivity contribution >= 4 is 28.2 Å². The molecule has 1 aromatic carbocycles. The molecule has 6 rings (SSSR count). The normalized spacial score (nSPS) is 16.8. The number of amides is 1. The number of ketones is 1. The second-order valence-electron chi connectivity index (χ2n) is 9.74. The number of rotatable bonds is 5. The van der Waals surface area contributed by atoms with Crippen LogP contribution in [0.4, 0.5) is 5.13 Å². The van der Waals surface area contributed by atoms with Gasteiger partial charge in [0.25, 0.3) is 11.5 Å². The van der Waals surface area contributed by atoms with Gasteiger partial charge in [0, 0.05) is 34.0 Å². The van der Waals surface area contributed by atoms with Crippen molar-refractivity contribution in [3.8, 4) is 11.3 Å². The van der Waals surface area contributed by atoms with E-state index < -0.39 is 11.5 Å². The van der Waals surface area contributed by atoms with Crippen LogP contribution in [0.15, 0.2) is 51.9 Å². The molecule has 0 aliphatic heterocycles. The van der Waals surface area contributed by atoms with Gasteiger partial charge in [-0.2, -0.15) is 0 Å². The second-order valence-corrected chi connectivity index (χ2v) is 10.8. The number of aryl methyl sites for hydroxylation is 3. The maximum Gasteiger partial charge on any atom is 0.263 e. The van der Waals surface area contributed by atoms with Crippen molar-refractivity contribution < 1.29 is 14.0 Å². The molecule has 0 bridgehead atoms. The molecule has 0 unspecified atom stereocenters. The number of nitrogens with one attached hydrogen (secondary N) is 2. The first-order chi connectivity index (χ1) is 18.0. The molecule has 1 amide bonds. The Morgan fingerprint density at radius 2 is 1.97 bits per heavy atom. The lowest BCUT2D eigenvalue weighted by Gasteiger charge is -2.22. The van der Waals surface area contributed by atoms with E-state index >= 15 is 0 Å². The van der Waals surface area contributed by atoms with E-state index in [-0.39, 0.29) is 23.7 Å². The number of Topliss-reactive ketones (excluding diaryl/α,β-unsaturated/α-hetero) is 1. The van der Waals surface area contributed by atoms with Crippen LogP contribution >= 0.6 is 11.3 Å². The van der Waals surface area contributed by atoms with E-state index in [2.05, 4.69) is 35.4 Å². The van der Waals surface area contributed by atoms with Crippen LogP contribution < -0.4 is 10.9 Å². The van der Waals surface area contributed by atoms with Gasteiger partial charge < -0.3 is 9.40 Å². The third kappa shape index (κ3) is 4.46. The van der Waals surface area contributed by atoms with Crippen LogP contribution in [0.5, 0.6) is 0 Å². The fourth-order valence-electron chi connectivity index (χ4n) is 5.44. The van der Waals surface area contributed by atoms with Crippen LogP contribution in [0.3, 0.4) is 0 Å². The van der Waals surface area contributed by atoms with Gasteiger partial charge in [0.05, 0.1) is 12.0 Å². The van der Waals surface area contributed by atoms with Crippen LogP contribution in [-0.4, -0.2) is 21.7 Å². The van der Waals surface area contributed by atoms with Crippen molar-refractivity contribution in [2.45, 2.75) is 57.8 Å². The number of anilines is 1. The zero-order valence-corrected chi connectivity index (χ0v) is 21.4. The third-order valence-electron chi connectivity index (χ3n) is 7.36. The summed E-state index contributed by atoms with van der Waals surface area (Å²) >= 11 is 1.42. The van der Waals surface area contributed by atoms with E-state index in [1.165, 1.54) is 41.4 Å². The first-order valence-electron chi connectivity index (χ1n) is 12.8. The molecule has 2 aliphatic carbocycles. The van der Waals surface area contributed by atoms with Crippen LogP contribution in [0.2, 0.25) is 0 Å². The van der Waals surface area contributed by atoms with E-state index in [0.717, 1.165) is 35.4 Å². The lowest BCUT2D eigenvalue weighted by Crippen LogP contribution is -2.29. The van der Waals surface area contributed by atoms with E-state index in [1.54, 1.807) is 12.3 Å². The van der Waals surface area contributed by atoms with Crippen LogP contribution in [0.1, 0.15) is 80.3 Å². The summed E-state index contributed by atoms with van der Waals surface area (Å²) in [5, 5.41) is 3.24. The first-order valence-corrected chi connectivity index (χ1v) is 13.6. The van der Waals surface area contributed by atoms with Crippen molar-refractivity contribution in [1.82, 2.24) is 9.97 Å². The lowest BCUT2D eigenvalue weighted by atomic mass is 9.84. The molecule has 7 nitrogen and oxygen atoms in total. The Bertz CT molecular complexity index is 1560. The summed E-state index contributed by atoms with van der Waals surface area (Å²) in [7, 11) is 0. The van der Waals surface area contributed by atoms with E-state index in [9.17, 15) is 14.4 Å². The number of aromatic amines is 1. The van der Waals surface area contributed by atoms with Crippen molar-refractivity contribution in [2.75, 3.05) is 5.32 Å². The Kier molecular flexibility index (Phi) is 6.12. The number of fused-ring (bicyclic) bond motifs is 2. The van der Waals surface area contributed by atoms with E-state index in [4.69, 9.17) is 9.40 Å². The maximum absolute atomic E-state index is 13.1. The number of hydrogen-bond acceptors (Lipinski definition) is 6. The molecule has 3 aromatic heterocycles. The van der Waals surface area contributed by atoms with Crippen molar-refractivity contribution in [1.29, 1.82) is 0 Å². The summed E-state index contributed by atoms with van der Waals surface area (Å²) in [4.78, 5) is 47.4. The molecule has 0 saturated heterocycles. The summed E-state index contributed by atoms with van der Waals surface area (Å²) < 4.78 is 5.46. The van der Waals surface area contributed by atoms with E-state index in [0.29, 0.717) is 28.6 Å². The summed E-state index contributed by atoms with van der Waals surface area (Å²) in [6.45, 7) is 2.07. The number of furan rings is 1. The number of H-pyrrole nitrogens is 1. The Labute approximate surface area is 218 Å². The number of aromatic nitrogens is 2. The summed E-state index contributed by atoms with van der Waals surface area (Å²) in [5.74, 6) is -0.106. The van der Waals surface area contributed by atoms with Gasteiger partial charge in [-0.25, -0.2) is 4.98 Å². The Morgan fingerprint density at radius 1 is 1.14 bits per heavy atom. The minimum atomic E-state index is -0.571. The molecule has 37 heavy (non-hydrogen) atoms. The number of nitrogens with zero attached hydrogens (tertiary/aromatic N) is 1. The molecule has 0 saturated carbocycles.